The van der Waals surface area contributed by atoms with Gasteiger partial charge in [-0.25, -0.2) is 4.90 Å². The van der Waals surface area contributed by atoms with Crippen LogP contribution < -0.4 is 4.90 Å². The topological polar surface area (TPSA) is 37.4 Å². The first-order valence-corrected chi connectivity index (χ1v) is 10.3. The number of amides is 2. The maximum Gasteiger partial charge on any atom is 0.272 e. The van der Waals surface area contributed by atoms with Crippen LogP contribution >= 0.6 is 34.7 Å². The fourth-order valence-corrected chi connectivity index (χ4v) is 4.81. The highest BCUT2D eigenvalue weighted by atomic mass is 35.5. The third-order valence-corrected chi connectivity index (χ3v) is 6.33. The van der Waals surface area contributed by atoms with E-state index in [-0.39, 0.29) is 11.8 Å². The van der Waals surface area contributed by atoms with Crippen molar-refractivity contribution in [2.24, 2.45) is 0 Å². The number of hydrogen-bond donors (Lipinski definition) is 0. The van der Waals surface area contributed by atoms with Gasteiger partial charge in [-0.3, -0.25) is 9.59 Å². The Bertz CT molecular complexity index is 1060. The molecular formula is C21H14ClNO2S2. The molecule has 1 aliphatic rings. The van der Waals surface area contributed by atoms with Crippen molar-refractivity contribution in [3.63, 3.8) is 0 Å². The van der Waals surface area contributed by atoms with Crippen molar-refractivity contribution in [3.8, 4) is 0 Å². The van der Waals surface area contributed by atoms with Crippen molar-refractivity contribution >= 4 is 57.8 Å². The van der Waals surface area contributed by atoms with Crippen LogP contribution in [-0.2, 0) is 9.59 Å². The summed E-state index contributed by atoms with van der Waals surface area (Å²) in [5.41, 5.74) is 2.03. The number of thiophene rings is 1. The molecule has 2 aromatic carbocycles. The van der Waals surface area contributed by atoms with Gasteiger partial charge in [0, 0.05) is 14.8 Å². The highest BCUT2D eigenvalue weighted by Crippen LogP contribution is 2.42. The number of imide groups is 1. The summed E-state index contributed by atoms with van der Waals surface area (Å²) in [6.45, 7) is 1.94. The third-order valence-electron chi connectivity index (χ3n) is 4.10. The standard InChI is InChI=1S/C21H14ClNO2S2/c1-13-4-2-5-15(12-13)23-20(24)18(17-6-3-11-26-17)19(21(23)25)27-16-9-7-14(22)8-10-16/h2-12H,1H3. The average Bonchev–Trinajstić information content (AvgIpc) is 3.24. The van der Waals surface area contributed by atoms with Crippen LogP contribution in [0.3, 0.4) is 0 Å². The number of aryl methyl sites for hydroxylation is 1. The number of halogens is 1. The van der Waals surface area contributed by atoms with Crippen molar-refractivity contribution in [2.75, 3.05) is 4.90 Å². The van der Waals surface area contributed by atoms with Crippen molar-refractivity contribution < 1.29 is 9.59 Å². The predicted molar refractivity (Wildman–Crippen MR) is 112 cm³/mol. The first-order valence-electron chi connectivity index (χ1n) is 8.21. The molecule has 0 radical (unpaired) electrons. The molecule has 6 heteroatoms. The highest BCUT2D eigenvalue weighted by Gasteiger charge is 2.40. The molecule has 2 amide bonds. The smallest absolute Gasteiger partial charge is 0.268 e. The summed E-state index contributed by atoms with van der Waals surface area (Å²) in [4.78, 5) is 29.8. The van der Waals surface area contributed by atoms with E-state index in [4.69, 9.17) is 11.6 Å². The van der Waals surface area contributed by atoms with Gasteiger partial charge in [0.25, 0.3) is 11.8 Å². The highest BCUT2D eigenvalue weighted by molar-refractivity contribution is 8.04. The van der Waals surface area contributed by atoms with E-state index < -0.39 is 0 Å². The number of hydrogen-bond acceptors (Lipinski definition) is 4. The Kier molecular flexibility index (Phi) is 4.91. The minimum atomic E-state index is -0.297. The summed E-state index contributed by atoms with van der Waals surface area (Å²) in [7, 11) is 0. The molecule has 0 aliphatic carbocycles. The maximum absolute atomic E-state index is 13.2. The average molecular weight is 412 g/mol. The van der Waals surface area contributed by atoms with E-state index in [1.165, 1.54) is 28.0 Å². The molecule has 0 atom stereocenters. The van der Waals surface area contributed by atoms with Crippen molar-refractivity contribution in [1.29, 1.82) is 0 Å². The van der Waals surface area contributed by atoms with Gasteiger partial charge in [0.05, 0.1) is 16.2 Å². The van der Waals surface area contributed by atoms with E-state index in [1.54, 1.807) is 18.2 Å². The zero-order chi connectivity index (χ0) is 19.0. The molecule has 0 fully saturated rings. The van der Waals surface area contributed by atoms with Crippen LogP contribution in [0.4, 0.5) is 5.69 Å². The zero-order valence-corrected chi connectivity index (χ0v) is 16.7. The normalized spacial score (nSPS) is 14.4. The molecule has 4 rings (SSSR count). The van der Waals surface area contributed by atoms with Gasteiger partial charge < -0.3 is 0 Å². The van der Waals surface area contributed by atoms with Crippen molar-refractivity contribution in [2.45, 2.75) is 11.8 Å². The molecule has 27 heavy (non-hydrogen) atoms. The number of carbonyl (C=O) groups excluding carboxylic acids is 2. The summed E-state index contributed by atoms with van der Waals surface area (Å²) in [6.07, 6.45) is 0. The second kappa shape index (κ2) is 7.35. The van der Waals surface area contributed by atoms with Gasteiger partial charge in [-0.15, -0.1) is 11.3 Å². The Morgan fingerprint density at radius 2 is 1.74 bits per heavy atom. The Labute approximate surface area is 170 Å². The molecule has 0 N–H and O–H groups in total. The monoisotopic (exact) mass is 411 g/mol. The minimum absolute atomic E-state index is 0.287. The number of thioether (sulfide) groups is 1. The van der Waals surface area contributed by atoms with Crippen molar-refractivity contribution in [1.82, 2.24) is 0 Å². The van der Waals surface area contributed by atoms with Crippen LogP contribution in [0.15, 0.2) is 75.8 Å². The number of benzene rings is 2. The van der Waals surface area contributed by atoms with Gasteiger partial charge in [0.15, 0.2) is 0 Å². The van der Waals surface area contributed by atoms with Gasteiger partial charge in [0.2, 0.25) is 0 Å². The SMILES string of the molecule is Cc1cccc(N2C(=O)C(Sc3ccc(Cl)cc3)=C(c3cccs3)C2=O)c1. The summed E-state index contributed by atoms with van der Waals surface area (Å²) >= 11 is 8.71. The van der Waals surface area contributed by atoms with E-state index in [9.17, 15) is 9.59 Å². The largest absolute Gasteiger partial charge is 0.272 e. The molecule has 2 heterocycles. The van der Waals surface area contributed by atoms with E-state index >= 15 is 0 Å². The molecule has 3 nitrogen and oxygen atoms in total. The molecular weight excluding hydrogens is 398 g/mol. The van der Waals surface area contributed by atoms with Crippen LogP contribution in [0.2, 0.25) is 5.02 Å². The molecule has 0 bridgehead atoms. The Balaban J connectivity index is 1.79. The van der Waals surface area contributed by atoms with Crippen LogP contribution in [0.25, 0.3) is 5.57 Å². The van der Waals surface area contributed by atoms with E-state index in [2.05, 4.69) is 0 Å². The van der Waals surface area contributed by atoms with Crippen LogP contribution in [-0.4, -0.2) is 11.8 Å². The molecule has 3 aromatic rings. The van der Waals surface area contributed by atoms with Gasteiger partial charge in [-0.2, -0.15) is 0 Å². The fraction of sp³-hybridized carbons (Fsp3) is 0.0476. The molecule has 0 unspecified atom stereocenters. The van der Waals surface area contributed by atoms with Crippen LogP contribution in [0.1, 0.15) is 10.4 Å². The third kappa shape index (κ3) is 3.46. The lowest BCUT2D eigenvalue weighted by Crippen LogP contribution is -2.31. The Morgan fingerprint density at radius 1 is 0.963 bits per heavy atom. The molecule has 0 spiro atoms. The number of anilines is 1. The molecule has 1 aliphatic heterocycles. The van der Waals surface area contributed by atoms with Crippen LogP contribution in [0, 0.1) is 6.92 Å². The number of rotatable bonds is 4. The van der Waals surface area contributed by atoms with E-state index in [0.29, 0.717) is 21.2 Å². The molecule has 0 saturated heterocycles. The second-order valence-electron chi connectivity index (χ2n) is 6.02. The molecule has 0 saturated carbocycles. The fourth-order valence-electron chi connectivity index (χ4n) is 2.86. The maximum atomic E-state index is 13.2. The summed E-state index contributed by atoms with van der Waals surface area (Å²) in [5, 5.41) is 2.53. The Morgan fingerprint density at radius 3 is 2.41 bits per heavy atom. The lowest BCUT2D eigenvalue weighted by atomic mass is 10.2. The summed E-state index contributed by atoms with van der Waals surface area (Å²) in [5.74, 6) is -0.585. The predicted octanol–water partition coefficient (Wildman–Crippen LogP) is 5.79. The van der Waals surface area contributed by atoms with Crippen LogP contribution in [0.5, 0.6) is 0 Å². The summed E-state index contributed by atoms with van der Waals surface area (Å²) in [6, 6.07) is 18.4. The first kappa shape index (κ1) is 18.0. The second-order valence-corrected chi connectivity index (χ2v) is 8.49. The van der Waals surface area contributed by atoms with Gasteiger partial charge in [-0.05, 0) is 60.3 Å². The number of nitrogens with zero attached hydrogens (tertiary/aromatic N) is 1. The van der Waals surface area contributed by atoms with Gasteiger partial charge in [0.1, 0.15) is 0 Å². The van der Waals surface area contributed by atoms with E-state index in [0.717, 1.165) is 15.3 Å². The number of carbonyl (C=O) groups is 2. The lowest BCUT2D eigenvalue weighted by Gasteiger charge is -2.15. The molecule has 134 valence electrons. The Hall–Kier alpha value is -2.34. The van der Waals surface area contributed by atoms with E-state index in [1.807, 2.05) is 54.8 Å². The zero-order valence-electron chi connectivity index (χ0n) is 14.3. The van der Waals surface area contributed by atoms with Gasteiger partial charge >= 0.3 is 0 Å². The molecule has 1 aromatic heterocycles. The van der Waals surface area contributed by atoms with Crippen molar-refractivity contribution in [3.05, 3.63) is 86.4 Å². The summed E-state index contributed by atoms with van der Waals surface area (Å²) < 4.78 is 0. The quantitative estimate of drug-likeness (QED) is 0.510. The van der Waals surface area contributed by atoms with Gasteiger partial charge in [-0.1, -0.05) is 41.6 Å². The minimum Gasteiger partial charge on any atom is -0.268 e. The first-order chi connectivity index (χ1) is 13.0. The lowest BCUT2D eigenvalue weighted by molar-refractivity contribution is -0.119.